The molecule has 2 N–H and O–H groups in total. The van der Waals surface area contributed by atoms with Gasteiger partial charge in [-0.3, -0.25) is 0 Å². The average molecular weight is 228 g/mol. The van der Waals surface area contributed by atoms with Gasteiger partial charge in [0.05, 0.1) is 0 Å². The summed E-state index contributed by atoms with van der Waals surface area (Å²) in [5.41, 5.74) is 6.53. The highest BCUT2D eigenvalue weighted by atomic mass is 35.5. The molecule has 1 fully saturated rings. The van der Waals surface area contributed by atoms with E-state index in [1.165, 1.54) is 25.3 Å². The van der Waals surface area contributed by atoms with Crippen LogP contribution in [-0.4, -0.2) is 0 Å². The molecule has 0 bridgehead atoms. The molecule has 0 radical (unpaired) electrons. The second-order valence-corrected chi connectivity index (χ2v) is 4.74. The van der Waals surface area contributed by atoms with Crippen LogP contribution < -0.4 is 5.73 Å². The first-order chi connectivity index (χ1) is 7.16. The van der Waals surface area contributed by atoms with Crippen molar-refractivity contribution in [1.82, 2.24) is 0 Å². The van der Waals surface area contributed by atoms with Gasteiger partial charge >= 0.3 is 0 Å². The fraction of sp³-hybridized carbons (Fsp3) is 0.500. The summed E-state index contributed by atoms with van der Waals surface area (Å²) in [5.74, 6) is 0.435. The smallest absolute Gasteiger partial charge is 0.128 e. The minimum absolute atomic E-state index is 0.214. The Hall–Kier alpha value is -0.600. The molecule has 0 aromatic heterocycles. The minimum atomic E-state index is -0.244. The van der Waals surface area contributed by atoms with Gasteiger partial charge in [-0.1, -0.05) is 30.9 Å². The number of halogens is 2. The summed E-state index contributed by atoms with van der Waals surface area (Å²) < 4.78 is 13.5. The quantitative estimate of drug-likeness (QED) is 0.838. The van der Waals surface area contributed by atoms with Gasteiger partial charge in [0.25, 0.3) is 0 Å². The highest BCUT2D eigenvalue weighted by Gasteiger charge is 2.22. The summed E-state index contributed by atoms with van der Waals surface area (Å²) in [7, 11) is 0. The van der Waals surface area contributed by atoms with E-state index in [0.29, 0.717) is 16.5 Å². The first-order valence-corrected chi connectivity index (χ1v) is 5.75. The van der Waals surface area contributed by atoms with Gasteiger partial charge in [-0.15, -0.1) is 0 Å². The van der Waals surface area contributed by atoms with Crippen LogP contribution in [0.1, 0.15) is 37.3 Å². The molecule has 1 unspecified atom stereocenters. The van der Waals surface area contributed by atoms with E-state index in [9.17, 15) is 4.39 Å². The van der Waals surface area contributed by atoms with Gasteiger partial charge in [0.1, 0.15) is 5.82 Å². The predicted molar refractivity (Wildman–Crippen MR) is 60.3 cm³/mol. The Bertz CT molecular complexity index is 349. The molecule has 0 spiro atoms. The zero-order valence-corrected chi connectivity index (χ0v) is 9.30. The highest BCUT2D eigenvalue weighted by molar-refractivity contribution is 6.30. The molecular weight excluding hydrogens is 213 g/mol. The maximum absolute atomic E-state index is 13.5. The Balaban J connectivity index is 2.09. The van der Waals surface area contributed by atoms with Gasteiger partial charge < -0.3 is 5.73 Å². The molecule has 1 saturated carbocycles. The monoisotopic (exact) mass is 227 g/mol. The van der Waals surface area contributed by atoms with Gasteiger partial charge in [-0.05, 0) is 30.5 Å². The number of hydrogen-bond acceptors (Lipinski definition) is 1. The third-order valence-corrected chi connectivity index (χ3v) is 3.40. The largest absolute Gasteiger partial charge is 0.324 e. The Morgan fingerprint density at radius 1 is 1.47 bits per heavy atom. The van der Waals surface area contributed by atoms with E-state index in [1.54, 1.807) is 12.1 Å². The van der Waals surface area contributed by atoms with E-state index >= 15 is 0 Å². The molecule has 1 aromatic carbocycles. The molecule has 1 nitrogen and oxygen atoms in total. The van der Waals surface area contributed by atoms with Crippen molar-refractivity contribution in [3.63, 3.8) is 0 Å². The number of benzene rings is 1. The SMILES string of the molecule is NC(CC1CCC1)c1cc(Cl)ccc1F. The molecule has 0 heterocycles. The molecule has 1 atom stereocenters. The van der Waals surface area contributed by atoms with Crippen LogP contribution in [0.5, 0.6) is 0 Å². The fourth-order valence-electron chi connectivity index (χ4n) is 2.01. The average Bonchev–Trinajstić information content (AvgIpc) is 2.15. The van der Waals surface area contributed by atoms with Crippen LogP contribution in [0, 0.1) is 11.7 Å². The van der Waals surface area contributed by atoms with E-state index in [0.717, 1.165) is 6.42 Å². The maximum Gasteiger partial charge on any atom is 0.128 e. The lowest BCUT2D eigenvalue weighted by atomic mass is 9.80. The normalized spacial score (nSPS) is 18.6. The van der Waals surface area contributed by atoms with Gasteiger partial charge in [0.2, 0.25) is 0 Å². The molecule has 2 rings (SSSR count). The summed E-state index contributed by atoms with van der Waals surface area (Å²) in [6.07, 6.45) is 4.62. The summed E-state index contributed by atoms with van der Waals surface area (Å²) >= 11 is 5.82. The molecule has 0 aliphatic heterocycles. The number of nitrogens with two attached hydrogens (primary N) is 1. The van der Waals surface area contributed by atoms with Crippen molar-refractivity contribution in [1.29, 1.82) is 0 Å². The zero-order valence-electron chi connectivity index (χ0n) is 8.55. The molecule has 0 amide bonds. The molecule has 15 heavy (non-hydrogen) atoms. The summed E-state index contributed by atoms with van der Waals surface area (Å²) in [5, 5.41) is 0.551. The van der Waals surface area contributed by atoms with Crippen molar-refractivity contribution in [3.05, 3.63) is 34.6 Å². The van der Waals surface area contributed by atoms with Crippen molar-refractivity contribution in [3.8, 4) is 0 Å². The van der Waals surface area contributed by atoms with E-state index in [-0.39, 0.29) is 11.9 Å². The highest BCUT2D eigenvalue weighted by Crippen LogP contribution is 2.34. The second-order valence-electron chi connectivity index (χ2n) is 4.30. The van der Waals surface area contributed by atoms with E-state index in [1.807, 2.05) is 0 Å². The van der Waals surface area contributed by atoms with Crippen LogP contribution in [0.15, 0.2) is 18.2 Å². The standard InChI is InChI=1S/C12H15ClFN/c13-9-4-5-11(14)10(7-9)12(15)6-8-2-1-3-8/h4-5,7-8,12H,1-3,6,15H2. The predicted octanol–water partition coefficient (Wildman–Crippen LogP) is 3.67. The molecule has 0 saturated heterocycles. The van der Waals surface area contributed by atoms with Crippen molar-refractivity contribution in [2.75, 3.05) is 0 Å². The van der Waals surface area contributed by atoms with Gasteiger partial charge in [-0.25, -0.2) is 4.39 Å². The topological polar surface area (TPSA) is 26.0 Å². The van der Waals surface area contributed by atoms with Crippen LogP contribution in [0.2, 0.25) is 5.02 Å². The molecular formula is C12H15ClFN. The number of rotatable bonds is 3. The zero-order chi connectivity index (χ0) is 10.8. The summed E-state index contributed by atoms with van der Waals surface area (Å²) in [6.45, 7) is 0. The minimum Gasteiger partial charge on any atom is -0.324 e. The Morgan fingerprint density at radius 3 is 2.80 bits per heavy atom. The Morgan fingerprint density at radius 2 is 2.20 bits per heavy atom. The van der Waals surface area contributed by atoms with E-state index in [2.05, 4.69) is 0 Å². The lowest BCUT2D eigenvalue weighted by Crippen LogP contribution is -2.20. The van der Waals surface area contributed by atoms with Crippen LogP contribution >= 0.6 is 11.6 Å². The molecule has 82 valence electrons. The third kappa shape index (κ3) is 2.50. The lowest BCUT2D eigenvalue weighted by Gasteiger charge is -2.28. The van der Waals surface area contributed by atoms with Crippen molar-refractivity contribution < 1.29 is 4.39 Å². The van der Waals surface area contributed by atoms with Gasteiger partial charge in [0.15, 0.2) is 0 Å². The van der Waals surface area contributed by atoms with Crippen LogP contribution in [0.4, 0.5) is 4.39 Å². The van der Waals surface area contributed by atoms with E-state index < -0.39 is 0 Å². The van der Waals surface area contributed by atoms with Gasteiger partial charge in [0, 0.05) is 16.6 Å². The summed E-state index contributed by atoms with van der Waals surface area (Å²) in [6, 6.07) is 4.36. The fourth-order valence-corrected chi connectivity index (χ4v) is 2.19. The third-order valence-electron chi connectivity index (χ3n) is 3.17. The Labute approximate surface area is 94.4 Å². The first kappa shape index (κ1) is 10.9. The van der Waals surface area contributed by atoms with Crippen LogP contribution in [0.25, 0.3) is 0 Å². The molecule has 1 aromatic rings. The van der Waals surface area contributed by atoms with Crippen LogP contribution in [0.3, 0.4) is 0 Å². The maximum atomic E-state index is 13.5. The molecule has 1 aliphatic rings. The van der Waals surface area contributed by atoms with Crippen molar-refractivity contribution >= 4 is 11.6 Å². The van der Waals surface area contributed by atoms with Gasteiger partial charge in [-0.2, -0.15) is 0 Å². The first-order valence-electron chi connectivity index (χ1n) is 5.37. The van der Waals surface area contributed by atoms with E-state index in [4.69, 9.17) is 17.3 Å². The lowest BCUT2D eigenvalue weighted by molar-refractivity contribution is 0.275. The summed E-state index contributed by atoms with van der Waals surface area (Å²) in [4.78, 5) is 0. The Kier molecular flexibility index (Phi) is 3.27. The van der Waals surface area contributed by atoms with Crippen molar-refractivity contribution in [2.45, 2.75) is 31.7 Å². The van der Waals surface area contributed by atoms with Crippen LogP contribution in [-0.2, 0) is 0 Å². The molecule has 1 aliphatic carbocycles. The van der Waals surface area contributed by atoms with Crippen molar-refractivity contribution in [2.24, 2.45) is 11.7 Å². The number of hydrogen-bond donors (Lipinski definition) is 1. The second kappa shape index (κ2) is 4.50. The molecule has 3 heteroatoms.